The Bertz CT molecular complexity index is 612. The molecule has 0 saturated heterocycles. The minimum atomic E-state index is -0.918. The van der Waals surface area contributed by atoms with Crippen LogP contribution in [0.1, 0.15) is 24.2 Å². The fourth-order valence-electron chi connectivity index (χ4n) is 1.77. The van der Waals surface area contributed by atoms with E-state index in [0.29, 0.717) is 0 Å². The highest BCUT2D eigenvalue weighted by molar-refractivity contribution is 5.35. The first kappa shape index (κ1) is 14.4. The summed E-state index contributed by atoms with van der Waals surface area (Å²) in [6.45, 7) is 1.33. The van der Waals surface area contributed by atoms with Crippen molar-refractivity contribution >= 4 is 0 Å². The molecule has 2 aromatic rings. The van der Waals surface area contributed by atoms with Gasteiger partial charge in [-0.2, -0.15) is 0 Å². The standard InChI is InChI=1S/C15H13F3O2/c1-9(19)13-6-11(16)4-5-15(13)20-8-10-2-3-12(17)7-14(10)18/h2-7,9,19H,8H2,1H3/t9-/m1/s1. The molecule has 0 aliphatic carbocycles. The predicted octanol–water partition coefficient (Wildman–Crippen LogP) is 3.74. The van der Waals surface area contributed by atoms with Gasteiger partial charge in [0.2, 0.25) is 0 Å². The third-order valence-corrected chi connectivity index (χ3v) is 2.82. The summed E-state index contributed by atoms with van der Waals surface area (Å²) in [6, 6.07) is 6.86. The summed E-state index contributed by atoms with van der Waals surface area (Å²) >= 11 is 0. The van der Waals surface area contributed by atoms with Crippen LogP contribution in [0.3, 0.4) is 0 Å². The number of rotatable bonds is 4. The summed E-state index contributed by atoms with van der Waals surface area (Å²) in [5.74, 6) is -1.63. The Morgan fingerprint density at radius 3 is 2.35 bits per heavy atom. The monoisotopic (exact) mass is 282 g/mol. The zero-order chi connectivity index (χ0) is 14.7. The smallest absolute Gasteiger partial charge is 0.132 e. The summed E-state index contributed by atoms with van der Waals surface area (Å²) in [6.07, 6.45) is -0.918. The average molecular weight is 282 g/mol. The number of aliphatic hydroxyl groups excluding tert-OH is 1. The van der Waals surface area contributed by atoms with Crippen LogP contribution in [0, 0.1) is 17.5 Å². The quantitative estimate of drug-likeness (QED) is 0.925. The molecule has 0 radical (unpaired) electrons. The zero-order valence-electron chi connectivity index (χ0n) is 10.7. The van der Waals surface area contributed by atoms with Gasteiger partial charge in [-0.1, -0.05) is 0 Å². The SMILES string of the molecule is C[C@@H](O)c1cc(F)ccc1OCc1ccc(F)cc1F. The van der Waals surface area contributed by atoms with E-state index in [2.05, 4.69) is 0 Å². The number of hydrogen-bond acceptors (Lipinski definition) is 2. The second-order valence-electron chi connectivity index (χ2n) is 4.38. The van der Waals surface area contributed by atoms with E-state index in [0.717, 1.165) is 18.2 Å². The summed E-state index contributed by atoms with van der Waals surface area (Å²) < 4.78 is 44.7. The second-order valence-corrected chi connectivity index (χ2v) is 4.38. The van der Waals surface area contributed by atoms with Gasteiger partial charge in [0, 0.05) is 17.2 Å². The fraction of sp³-hybridized carbons (Fsp3) is 0.200. The lowest BCUT2D eigenvalue weighted by atomic mass is 10.1. The molecule has 0 heterocycles. The molecule has 2 rings (SSSR count). The lowest BCUT2D eigenvalue weighted by Crippen LogP contribution is -2.03. The minimum Gasteiger partial charge on any atom is -0.488 e. The summed E-state index contributed by atoms with van der Waals surface area (Å²) in [5.41, 5.74) is 0.444. The molecule has 2 nitrogen and oxygen atoms in total. The van der Waals surface area contributed by atoms with E-state index in [-0.39, 0.29) is 23.5 Å². The maximum absolute atomic E-state index is 13.4. The van der Waals surface area contributed by atoms with Crippen LogP contribution in [0.4, 0.5) is 13.2 Å². The third kappa shape index (κ3) is 3.30. The van der Waals surface area contributed by atoms with Crippen molar-refractivity contribution in [1.82, 2.24) is 0 Å². The van der Waals surface area contributed by atoms with Gasteiger partial charge in [-0.25, -0.2) is 13.2 Å². The first-order valence-electron chi connectivity index (χ1n) is 6.01. The van der Waals surface area contributed by atoms with Crippen LogP contribution in [0.25, 0.3) is 0 Å². The van der Waals surface area contributed by atoms with Crippen molar-refractivity contribution in [3.05, 3.63) is 65.0 Å². The largest absolute Gasteiger partial charge is 0.488 e. The Morgan fingerprint density at radius 2 is 1.70 bits per heavy atom. The maximum atomic E-state index is 13.4. The Hall–Kier alpha value is -2.01. The highest BCUT2D eigenvalue weighted by Gasteiger charge is 2.12. The lowest BCUT2D eigenvalue weighted by Gasteiger charge is -2.14. The molecule has 0 unspecified atom stereocenters. The highest BCUT2D eigenvalue weighted by Crippen LogP contribution is 2.27. The van der Waals surface area contributed by atoms with Crippen LogP contribution in [0.2, 0.25) is 0 Å². The number of ether oxygens (including phenoxy) is 1. The van der Waals surface area contributed by atoms with Gasteiger partial charge < -0.3 is 9.84 Å². The Morgan fingerprint density at radius 1 is 1.05 bits per heavy atom. The average Bonchev–Trinajstić information content (AvgIpc) is 2.38. The number of benzene rings is 2. The van der Waals surface area contributed by atoms with Crippen molar-refractivity contribution in [1.29, 1.82) is 0 Å². The maximum Gasteiger partial charge on any atom is 0.132 e. The van der Waals surface area contributed by atoms with Crippen LogP contribution in [-0.2, 0) is 6.61 Å². The van der Waals surface area contributed by atoms with E-state index in [4.69, 9.17) is 4.74 Å². The molecule has 1 N–H and O–H groups in total. The van der Waals surface area contributed by atoms with Crippen molar-refractivity contribution in [2.24, 2.45) is 0 Å². The third-order valence-electron chi connectivity index (χ3n) is 2.82. The summed E-state index contributed by atoms with van der Waals surface area (Å²) in [4.78, 5) is 0. The normalized spacial score (nSPS) is 12.2. The van der Waals surface area contributed by atoms with E-state index in [1.807, 2.05) is 0 Å². The molecule has 0 amide bonds. The molecule has 0 spiro atoms. The van der Waals surface area contributed by atoms with Gasteiger partial charge in [-0.05, 0) is 37.3 Å². The molecule has 106 valence electrons. The molecular weight excluding hydrogens is 269 g/mol. The van der Waals surface area contributed by atoms with Gasteiger partial charge in [-0.3, -0.25) is 0 Å². The first-order chi connectivity index (χ1) is 9.47. The van der Waals surface area contributed by atoms with Crippen LogP contribution in [-0.4, -0.2) is 5.11 Å². The van der Waals surface area contributed by atoms with Crippen molar-refractivity contribution < 1.29 is 23.0 Å². The molecule has 0 aliphatic rings. The fourth-order valence-corrected chi connectivity index (χ4v) is 1.77. The van der Waals surface area contributed by atoms with E-state index < -0.39 is 23.6 Å². The summed E-state index contributed by atoms with van der Waals surface area (Å²) in [7, 11) is 0. The van der Waals surface area contributed by atoms with Crippen molar-refractivity contribution in [2.45, 2.75) is 19.6 Å². The van der Waals surface area contributed by atoms with Crippen LogP contribution >= 0.6 is 0 Å². The van der Waals surface area contributed by atoms with Gasteiger partial charge in [0.1, 0.15) is 29.8 Å². The van der Waals surface area contributed by atoms with E-state index in [1.54, 1.807) is 0 Å². The number of aliphatic hydroxyl groups is 1. The minimum absolute atomic E-state index is 0.141. The number of hydrogen-bond donors (Lipinski definition) is 1. The topological polar surface area (TPSA) is 29.5 Å². The van der Waals surface area contributed by atoms with Crippen LogP contribution < -0.4 is 4.74 Å². The zero-order valence-corrected chi connectivity index (χ0v) is 10.7. The second kappa shape index (κ2) is 5.96. The molecule has 0 aromatic heterocycles. The van der Waals surface area contributed by atoms with E-state index >= 15 is 0 Å². The molecule has 0 saturated carbocycles. The van der Waals surface area contributed by atoms with Crippen molar-refractivity contribution in [2.75, 3.05) is 0 Å². The molecule has 0 fully saturated rings. The van der Waals surface area contributed by atoms with Gasteiger partial charge in [0.15, 0.2) is 0 Å². The molecule has 2 aromatic carbocycles. The molecule has 1 atom stereocenters. The molecular formula is C15H13F3O2. The van der Waals surface area contributed by atoms with Gasteiger partial charge >= 0.3 is 0 Å². The Kier molecular flexibility index (Phi) is 4.29. The van der Waals surface area contributed by atoms with Crippen LogP contribution in [0.15, 0.2) is 36.4 Å². The van der Waals surface area contributed by atoms with E-state index in [1.165, 1.54) is 25.1 Å². The Balaban J connectivity index is 2.18. The van der Waals surface area contributed by atoms with Crippen molar-refractivity contribution in [3.63, 3.8) is 0 Å². The molecule has 20 heavy (non-hydrogen) atoms. The molecule has 0 bridgehead atoms. The highest BCUT2D eigenvalue weighted by atomic mass is 19.1. The van der Waals surface area contributed by atoms with Gasteiger partial charge in [-0.15, -0.1) is 0 Å². The first-order valence-corrected chi connectivity index (χ1v) is 6.01. The lowest BCUT2D eigenvalue weighted by molar-refractivity contribution is 0.189. The number of halogens is 3. The molecule has 0 aliphatic heterocycles. The summed E-state index contributed by atoms with van der Waals surface area (Å²) in [5, 5.41) is 9.55. The Labute approximate surface area is 114 Å². The van der Waals surface area contributed by atoms with E-state index in [9.17, 15) is 18.3 Å². The van der Waals surface area contributed by atoms with Gasteiger partial charge in [0.25, 0.3) is 0 Å². The van der Waals surface area contributed by atoms with Gasteiger partial charge in [0.05, 0.1) is 6.10 Å². The van der Waals surface area contributed by atoms with Crippen molar-refractivity contribution in [3.8, 4) is 5.75 Å². The van der Waals surface area contributed by atoms with Crippen LogP contribution in [0.5, 0.6) is 5.75 Å². The predicted molar refractivity (Wildman–Crippen MR) is 67.7 cm³/mol. The molecule has 5 heteroatoms.